The van der Waals surface area contributed by atoms with E-state index in [1.54, 1.807) is 62.3 Å². The van der Waals surface area contributed by atoms with Crippen molar-refractivity contribution in [3.63, 3.8) is 0 Å². The summed E-state index contributed by atoms with van der Waals surface area (Å²) in [5, 5.41) is 11.1. The Labute approximate surface area is 504 Å². The smallest absolute Gasteiger partial charge is 0.410 e. The zero-order valence-electron chi connectivity index (χ0n) is 51.5. The van der Waals surface area contributed by atoms with Gasteiger partial charge >= 0.3 is 6.09 Å². The molecule has 3 saturated heterocycles. The third kappa shape index (κ3) is 14.3. The SMILES string of the molecule is Cc1[nH]nc(Nc2ncnc3cc(OCCCN4CCN(c5ncc(OC[C@H]6CN(C[C@H]7CN(C(=O)OC(C)(C)C)[C@H](C)CN7CC(=O)N7CC(C)(C)c8ncc(Cc9ccc(F)cc9)cc87)CCO6)cn5)CC4)c(S(=O)(=O)C(C)(C)C)cc23)c1C. The number of fused-ring (bicyclic) bond motifs is 2. The number of aryl methyl sites for hydroxylation is 1. The van der Waals surface area contributed by atoms with Crippen molar-refractivity contribution in [2.45, 2.75) is 128 Å². The molecule has 4 aliphatic heterocycles. The third-order valence-electron chi connectivity index (χ3n) is 16.5. The van der Waals surface area contributed by atoms with Gasteiger partial charge in [-0.15, -0.1) is 0 Å². The third-order valence-corrected chi connectivity index (χ3v) is 19.0. The summed E-state index contributed by atoms with van der Waals surface area (Å²) in [6, 6.07) is 11.4. The van der Waals surface area contributed by atoms with Gasteiger partial charge in [-0.25, -0.2) is 37.5 Å². The first kappa shape index (κ1) is 61.9. The predicted octanol–water partition coefficient (Wildman–Crippen LogP) is 7.51. The van der Waals surface area contributed by atoms with Crippen molar-refractivity contribution in [1.29, 1.82) is 0 Å². The molecule has 4 aromatic heterocycles. The number of aromatic amines is 1. The first-order valence-corrected chi connectivity index (χ1v) is 31.3. The molecular formula is C62H83FN14O8S. The van der Waals surface area contributed by atoms with Crippen molar-refractivity contribution < 1.29 is 41.3 Å². The number of H-pyrrole nitrogens is 1. The molecular weight excluding hydrogens is 1120 g/mol. The van der Waals surface area contributed by atoms with Gasteiger partial charge in [-0.3, -0.25) is 29.6 Å². The number of hydrogen-bond acceptors (Lipinski definition) is 19. The Morgan fingerprint density at radius 2 is 1.60 bits per heavy atom. The fraction of sp³-hybridized carbons (Fsp3) is 0.548. The standard InChI is InChI=1S/C62H83FN14O8S/c1-40-32-75(36-54(78)77-38-62(10,11)55-51(77)26-44(29-64-55)25-43-13-15-45(63)16-14-43)46(34-76(40)59(79)85-60(4,5)6)33-73-22-24-82-48(35-73)37-84-47-30-65-58(66-31-47)74-20-18-72(19-21-74)17-12-23-83-52-28-50-49(27-53(52)86(80,81)61(7,8)9)57(68-39-67-50)69-56-41(2)42(3)70-71-56/h13-16,26-31,39-40,46,48H,12,17-25,32-38H2,1-11H3,(H2,67,68,69,70,71)/t40-,46+,48-/m1/s1. The number of nitrogens with zero attached hydrogens (tertiary/aromatic N) is 12. The molecule has 8 heterocycles. The summed E-state index contributed by atoms with van der Waals surface area (Å²) in [6.45, 7) is 28.9. The number of carbonyl (C=O) groups excluding carboxylic acids is 2. The highest BCUT2D eigenvalue weighted by Gasteiger charge is 2.43. The number of anilines is 4. The molecule has 22 nitrogen and oxygen atoms in total. The van der Waals surface area contributed by atoms with Gasteiger partial charge in [0.05, 0.1) is 53.8 Å². The molecule has 4 aliphatic rings. The summed E-state index contributed by atoms with van der Waals surface area (Å²) in [5.41, 5.74) is 4.91. The molecule has 0 unspecified atom stereocenters. The molecule has 3 fully saturated rings. The average Bonchev–Trinajstić information content (AvgIpc) is 2.99. The number of halogens is 1. The number of nitrogens with one attached hydrogen (secondary N) is 2. The lowest BCUT2D eigenvalue weighted by Crippen LogP contribution is -2.64. The second kappa shape index (κ2) is 25.3. The van der Waals surface area contributed by atoms with Crippen LogP contribution < -0.4 is 24.6 Å². The van der Waals surface area contributed by atoms with E-state index in [1.807, 2.05) is 58.7 Å². The van der Waals surface area contributed by atoms with Crippen LogP contribution in [0.25, 0.3) is 10.9 Å². The molecule has 462 valence electrons. The van der Waals surface area contributed by atoms with Crippen LogP contribution in [0.4, 0.5) is 32.5 Å². The van der Waals surface area contributed by atoms with E-state index in [0.717, 1.165) is 66.5 Å². The Hall–Kier alpha value is -7.12. The molecule has 3 atom stereocenters. The van der Waals surface area contributed by atoms with Crippen LogP contribution in [0.2, 0.25) is 0 Å². The Balaban J connectivity index is 0.714. The van der Waals surface area contributed by atoms with Crippen molar-refractivity contribution in [2.75, 3.05) is 113 Å². The van der Waals surface area contributed by atoms with Crippen LogP contribution in [0.3, 0.4) is 0 Å². The van der Waals surface area contributed by atoms with Crippen molar-refractivity contribution >= 4 is 56.0 Å². The van der Waals surface area contributed by atoms with E-state index < -0.39 is 20.2 Å². The molecule has 0 saturated carbocycles. The fourth-order valence-corrected chi connectivity index (χ4v) is 12.8. The first-order valence-electron chi connectivity index (χ1n) is 29.8. The van der Waals surface area contributed by atoms with E-state index in [2.05, 4.69) is 68.9 Å². The quantitative estimate of drug-likeness (QED) is 0.0793. The van der Waals surface area contributed by atoms with Crippen molar-refractivity contribution in [1.82, 2.24) is 54.7 Å². The van der Waals surface area contributed by atoms with E-state index in [1.165, 1.54) is 18.5 Å². The summed E-state index contributed by atoms with van der Waals surface area (Å²) in [7, 11) is -3.83. The second-order valence-electron chi connectivity index (χ2n) is 25.9. The van der Waals surface area contributed by atoms with Gasteiger partial charge in [-0.2, -0.15) is 5.10 Å². The van der Waals surface area contributed by atoms with Crippen LogP contribution in [0.5, 0.6) is 11.5 Å². The van der Waals surface area contributed by atoms with Crippen LogP contribution in [-0.4, -0.2) is 202 Å². The summed E-state index contributed by atoms with van der Waals surface area (Å²) in [5.74, 6) is 2.13. The maximum Gasteiger partial charge on any atom is 0.410 e. The number of carbonyl (C=O) groups is 2. The number of amides is 2. The van der Waals surface area contributed by atoms with E-state index in [0.29, 0.717) is 99.6 Å². The molecule has 24 heteroatoms. The van der Waals surface area contributed by atoms with E-state index >= 15 is 0 Å². The van der Waals surface area contributed by atoms with Gasteiger partial charge < -0.3 is 39.0 Å². The number of ether oxygens (including phenoxy) is 4. The molecule has 6 aromatic rings. The van der Waals surface area contributed by atoms with Gasteiger partial charge in [0.25, 0.3) is 0 Å². The number of morpholine rings is 1. The summed E-state index contributed by atoms with van der Waals surface area (Å²) >= 11 is 0. The van der Waals surface area contributed by atoms with Gasteiger partial charge in [0, 0.05) is 118 Å². The molecule has 2 N–H and O–H groups in total. The van der Waals surface area contributed by atoms with Gasteiger partial charge in [-0.1, -0.05) is 26.0 Å². The van der Waals surface area contributed by atoms with Crippen LogP contribution in [0.1, 0.15) is 96.8 Å². The van der Waals surface area contributed by atoms with Gasteiger partial charge in [0.2, 0.25) is 11.9 Å². The Morgan fingerprint density at radius 3 is 2.30 bits per heavy atom. The zero-order chi connectivity index (χ0) is 61.3. The van der Waals surface area contributed by atoms with Gasteiger partial charge in [0.15, 0.2) is 21.4 Å². The van der Waals surface area contributed by atoms with E-state index in [-0.39, 0.29) is 65.2 Å². The molecule has 2 amide bonds. The molecule has 0 bridgehead atoms. The number of rotatable bonds is 18. The average molecular weight is 1200 g/mol. The van der Waals surface area contributed by atoms with Gasteiger partial charge in [-0.05, 0) is 111 Å². The monoisotopic (exact) mass is 1200 g/mol. The summed E-state index contributed by atoms with van der Waals surface area (Å²) < 4.78 is 65.3. The second-order valence-corrected chi connectivity index (χ2v) is 28.5. The Kier molecular flexibility index (Phi) is 18.2. The predicted molar refractivity (Wildman–Crippen MR) is 327 cm³/mol. The summed E-state index contributed by atoms with van der Waals surface area (Å²) in [4.78, 5) is 64.3. The summed E-state index contributed by atoms with van der Waals surface area (Å²) in [6.07, 6.45) is 7.30. The topological polar surface area (TPSA) is 230 Å². The highest BCUT2D eigenvalue weighted by Crippen LogP contribution is 2.41. The minimum Gasteiger partial charge on any atom is -0.492 e. The normalized spacial score (nSPS) is 19.9. The number of sulfone groups is 1. The number of pyridine rings is 1. The highest BCUT2D eigenvalue weighted by atomic mass is 32.2. The lowest BCUT2D eigenvalue weighted by atomic mass is 9.91. The maximum absolute atomic E-state index is 14.6. The Bertz CT molecular complexity index is 3490. The maximum atomic E-state index is 14.6. The van der Waals surface area contributed by atoms with Crippen molar-refractivity contribution in [3.8, 4) is 11.5 Å². The fourth-order valence-electron chi connectivity index (χ4n) is 11.5. The number of piperazine rings is 2. The Morgan fingerprint density at radius 1 is 0.860 bits per heavy atom. The largest absolute Gasteiger partial charge is 0.492 e. The molecule has 0 spiro atoms. The van der Waals surface area contributed by atoms with E-state index in [4.69, 9.17) is 23.9 Å². The van der Waals surface area contributed by atoms with Crippen molar-refractivity contribution in [3.05, 3.63) is 101 Å². The zero-order valence-corrected chi connectivity index (χ0v) is 52.3. The van der Waals surface area contributed by atoms with Crippen LogP contribution in [-0.2, 0) is 35.9 Å². The lowest BCUT2D eigenvalue weighted by molar-refractivity contribution is -0.122. The number of benzene rings is 2. The van der Waals surface area contributed by atoms with Crippen LogP contribution in [0, 0.1) is 19.7 Å². The van der Waals surface area contributed by atoms with Crippen molar-refractivity contribution in [2.24, 2.45) is 0 Å². The number of hydrogen-bond donors (Lipinski definition) is 2. The van der Waals surface area contributed by atoms with Gasteiger partial charge in [0.1, 0.15) is 46.9 Å². The lowest BCUT2D eigenvalue weighted by Gasteiger charge is -2.47. The van der Waals surface area contributed by atoms with Crippen LogP contribution in [0.15, 0.2) is 72.3 Å². The molecule has 2 aromatic carbocycles. The molecule has 0 aliphatic carbocycles. The highest BCUT2D eigenvalue weighted by molar-refractivity contribution is 7.92. The first-order chi connectivity index (χ1) is 40.8. The van der Waals surface area contributed by atoms with Crippen LogP contribution >= 0.6 is 0 Å². The van der Waals surface area contributed by atoms with E-state index in [9.17, 15) is 22.4 Å². The molecule has 10 rings (SSSR count). The molecule has 0 radical (unpaired) electrons. The minimum atomic E-state index is -3.83. The minimum absolute atomic E-state index is 0.0359. The number of aromatic nitrogens is 7. The molecule has 86 heavy (non-hydrogen) atoms.